The second-order valence-electron chi connectivity index (χ2n) is 5.11. The molecule has 1 saturated heterocycles. The summed E-state index contributed by atoms with van der Waals surface area (Å²) in [5, 5.41) is 2.94. The Labute approximate surface area is 113 Å². The van der Waals surface area contributed by atoms with E-state index in [1.54, 1.807) is 12.5 Å². The Morgan fingerprint density at radius 1 is 1.58 bits per heavy atom. The number of hydrogen-bond acceptors (Lipinski definition) is 3. The molecule has 0 aromatic carbocycles. The fourth-order valence-electron chi connectivity index (χ4n) is 2.14. The molecule has 6 heteroatoms. The molecule has 1 fully saturated rings. The number of aromatic nitrogens is 2. The molecular weight excluding hydrogens is 244 g/mol. The van der Waals surface area contributed by atoms with Crippen molar-refractivity contribution in [3.8, 4) is 0 Å². The highest BCUT2D eigenvalue weighted by atomic mass is 16.5. The Hall–Kier alpha value is -1.56. The molecule has 2 amide bonds. The summed E-state index contributed by atoms with van der Waals surface area (Å²) in [4.78, 5) is 17.9. The van der Waals surface area contributed by atoms with Gasteiger partial charge in [0.15, 0.2) is 0 Å². The Bertz CT molecular complexity index is 407. The Balaban J connectivity index is 1.76. The molecule has 1 aromatic heterocycles. The zero-order valence-electron chi connectivity index (χ0n) is 11.6. The fourth-order valence-corrected chi connectivity index (χ4v) is 2.14. The highest BCUT2D eigenvalue weighted by molar-refractivity contribution is 5.74. The summed E-state index contributed by atoms with van der Waals surface area (Å²) in [7, 11) is 0. The molecule has 1 aliphatic heterocycles. The van der Waals surface area contributed by atoms with Gasteiger partial charge >= 0.3 is 6.03 Å². The summed E-state index contributed by atoms with van der Waals surface area (Å²) in [6.07, 6.45) is 6.27. The van der Waals surface area contributed by atoms with Crippen molar-refractivity contribution in [3.63, 3.8) is 0 Å². The minimum Gasteiger partial charge on any atom is -0.372 e. The first kappa shape index (κ1) is 13.9. The zero-order chi connectivity index (χ0) is 13.7. The first-order valence-corrected chi connectivity index (χ1v) is 6.75. The molecule has 0 spiro atoms. The highest BCUT2D eigenvalue weighted by Gasteiger charge is 2.32. The topological polar surface area (TPSA) is 59.4 Å². The SMILES string of the molecule is CC[C@]1(C)CN(C(=O)NCCn2ccnc2)CCO1. The Kier molecular flexibility index (Phi) is 4.42. The van der Waals surface area contributed by atoms with Crippen LogP contribution < -0.4 is 5.32 Å². The van der Waals surface area contributed by atoms with Gasteiger partial charge in [-0.1, -0.05) is 6.92 Å². The van der Waals surface area contributed by atoms with Gasteiger partial charge < -0.3 is 19.5 Å². The van der Waals surface area contributed by atoms with Gasteiger partial charge in [0, 0.05) is 32.0 Å². The molecule has 1 aliphatic rings. The maximum Gasteiger partial charge on any atom is 0.317 e. The van der Waals surface area contributed by atoms with Crippen molar-refractivity contribution in [2.45, 2.75) is 32.4 Å². The molecule has 19 heavy (non-hydrogen) atoms. The molecule has 6 nitrogen and oxygen atoms in total. The number of nitrogens with zero attached hydrogens (tertiary/aromatic N) is 3. The highest BCUT2D eigenvalue weighted by Crippen LogP contribution is 2.20. The van der Waals surface area contributed by atoms with Crippen LogP contribution in [0.2, 0.25) is 0 Å². The smallest absolute Gasteiger partial charge is 0.317 e. The maximum atomic E-state index is 12.1. The Morgan fingerprint density at radius 2 is 2.42 bits per heavy atom. The predicted molar refractivity (Wildman–Crippen MR) is 71.8 cm³/mol. The van der Waals surface area contributed by atoms with E-state index in [4.69, 9.17) is 4.74 Å². The van der Waals surface area contributed by atoms with Crippen LogP contribution in [0.5, 0.6) is 0 Å². The number of hydrogen-bond donors (Lipinski definition) is 1. The second-order valence-corrected chi connectivity index (χ2v) is 5.11. The van der Waals surface area contributed by atoms with Crippen LogP contribution in [-0.2, 0) is 11.3 Å². The van der Waals surface area contributed by atoms with Crippen LogP contribution in [0.4, 0.5) is 4.79 Å². The largest absolute Gasteiger partial charge is 0.372 e. The van der Waals surface area contributed by atoms with Crippen molar-refractivity contribution < 1.29 is 9.53 Å². The lowest BCUT2D eigenvalue weighted by Crippen LogP contribution is -2.54. The van der Waals surface area contributed by atoms with E-state index in [2.05, 4.69) is 24.1 Å². The van der Waals surface area contributed by atoms with Crippen molar-refractivity contribution in [2.24, 2.45) is 0 Å². The molecule has 2 heterocycles. The molecule has 1 N–H and O–H groups in total. The summed E-state index contributed by atoms with van der Waals surface area (Å²) in [5.41, 5.74) is -0.208. The minimum absolute atomic E-state index is 0.0110. The summed E-state index contributed by atoms with van der Waals surface area (Å²) in [6.45, 7) is 7.40. The molecule has 2 rings (SSSR count). The lowest BCUT2D eigenvalue weighted by molar-refractivity contribution is -0.0872. The van der Waals surface area contributed by atoms with Gasteiger partial charge in [-0.25, -0.2) is 9.78 Å². The van der Waals surface area contributed by atoms with Crippen molar-refractivity contribution >= 4 is 6.03 Å². The third-order valence-electron chi connectivity index (χ3n) is 3.58. The van der Waals surface area contributed by atoms with Crippen LogP contribution in [-0.4, -0.2) is 52.3 Å². The maximum absolute atomic E-state index is 12.1. The van der Waals surface area contributed by atoms with E-state index in [9.17, 15) is 4.79 Å². The van der Waals surface area contributed by atoms with Crippen molar-refractivity contribution in [1.82, 2.24) is 19.8 Å². The first-order valence-electron chi connectivity index (χ1n) is 6.75. The molecule has 106 valence electrons. The third kappa shape index (κ3) is 3.70. The molecule has 0 aliphatic carbocycles. The third-order valence-corrected chi connectivity index (χ3v) is 3.58. The van der Waals surface area contributed by atoms with E-state index in [0.29, 0.717) is 26.2 Å². The fraction of sp³-hybridized carbons (Fsp3) is 0.692. The normalized spacial score (nSPS) is 23.4. The van der Waals surface area contributed by atoms with Gasteiger partial charge in [0.1, 0.15) is 0 Å². The predicted octanol–water partition coefficient (Wildman–Crippen LogP) is 1.09. The number of nitrogens with one attached hydrogen (secondary N) is 1. The lowest BCUT2D eigenvalue weighted by Gasteiger charge is -2.39. The first-order chi connectivity index (χ1) is 9.13. The summed E-state index contributed by atoms with van der Waals surface area (Å²) < 4.78 is 7.66. The van der Waals surface area contributed by atoms with Gasteiger partial charge in [-0.2, -0.15) is 0 Å². The zero-order valence-corrected chi connectivity index (χ0v) is 11.6. The van der Waals surface area contributed by atoms with Crippen LogP contribution >= 0.6 is 0 Å². The summed E-state index contributed by atoms with van der Waals surface area (Å²) >= 11 is 0. The molecule has 1 aromatic rings. The summed E-state index contributed by atoms with van der Waals surface area (Å²) in [5.74, 6) is 0. The molecular formula is C13H22N4O2. The summed E-state index contributed by atoms with van der Waals surface area (Å²) in [6, 6.07) is -0.0110. The van der Waals surface area contributed by atoms with Crippen molar-refractivity contribution in [3.05, 3.63) is 18.7 Å². The van der Waals surface area contributed by atoms with E-state index < -0.39 is 0 Å². The number of amides is 2. The van der Waals surface area contributed by atoms with Gasteiger partial charge in [0.2, 0.25) is 0 Å². The number of carbonyl (C=O) groups excluding carboxylic acids is 1. The second kappa shape index (κ2) is 6.06. The number of urea groups is 1. The number of carbonyl (C=O) groups is 1. The van der Waals surface area contributed by atoms with Gasteiger partial charge in [0.25, 0.3) is 0 Å². The van der Waals surface area contributed by atoms with Crippen LogP contribution in [0.3, 0.4) is 0 Å². The van der Waals surface area contributed by atoms with E-state index >= 15 is 0 Å². The van der Waals surface area contributed by atoms with Crippen LogP contribution in [0.15, 0.2) is 18.7 Å². The average Bonchev–Trinajstić information content (AvgIpc) is 2.92. The molecule has 0 saturated carbocycles. The average molecular weight is 266 g/mol. The van der Waals surface area contributed by atoms with Crippen LogP contribution in [0.1, 0.15) is 20.3 Å². The number of morpholine rings is 1. The van der Waals surface area contributed by atoms with E-state index in [0.717, 1.165) is 13.0 Å². The molecule has 0 radical (unpaired) electrons. The van der Waals surface area contributed by atoms with Crippen LogP contribution in [0.25, 0.3) is 0 Å². The van der Waals surface area contributed by atoms with Gasteiger partial charge in [-0.05, 0) is 13.3 Å². The number of rotatable bonds is 4. The van der Waals surface area contributed by atoms with E-state index in [-0.39, 0.29) is 11.6 Å². The molecule has 0 unspecified atom stereocenters. The molecule has 1 atom stereocenters. The molecule has 0 bridgehead atoms. The lowest BCUT2D eigenvalue weighted by atomic mass is 10.0. The van der Waals surface area contributed by atoms with Gasteiger partial charge in [0.05, 0.1) is 25.1 Å². The quantitative estimate of drug-likeness (QED) is 0.887. The van der Waals surface area contributed by atoms with Crippen molar-refractivity contribution in [1.29, 1.82) is 0 Å². The standard InChI is InChI=1S/C13H22N4O2/c1-3-13(2)10-17(8-9-19-13)12(18)15-5-7-16-6-4-14-11-16/h4,6,11H,3,5,7-10H2,1-2H3,(H,15,18)/t13-/m1/s1. The van der Waals surface area contributed by atoms with E-state index in [1.165, 1.54) is 0 Å². The van der Waals surface area contributed by atoms with Gasteiger partial charge in [-0.15, -0.1) is 0 Å². The monoisotopic (exact) mass is 266 g/mol. The minimum atomic E-state index is -0.208. The Morgan fingerprint density at radius 3 is 3.11 bits per heavy atom. The van der Waals surface area contributed by atoms with Crippen LogP contribution in [0, 0.1) is 0 Å². The van der Waals surface area contributed by atoms with Crippen molar-refractivity contribution in [2.75, 3.05) is 26.2 Å². The number of ether oxygens (including phenoxy) is 1. The number of imidazole rings is 1. The van der Waals surface area contributed by atoms with Gasteiger partial charge in [-0.3, -0.25) is 0 Å². The van der Waals surface area contributed by atoms with E-state index in [1.807, 2.05) is 15.7 Å².